The zero-order chi connectivity index (χ0) is 19.3. The Hall–Kier alpha value is -4.08. The van der Waals surface area contributed by atoms with Crippen molar-refractivity contribution < 1.29 is 9.21 Å². The van der Waals surface area contributed by atoms with Gasteiger partial charge in [0.15, 0.2) is 0 Å². The van der Waals surface area contributed by atoms with Gasteiger partial charge in [0.05, 0.1) is 12.2 Å². The Kier molecular flexibility index (Phi) is 4.74. The molecular weight excluding hydrogens is 362 g/mol. The Morgan fingerprint density at radius 3 is 2.86 bits per heavy atom. The summed E-state index contributed by atoms with van der Waals surface area (Å²) >= 11 is 0. The van der Waals surface area contributed by atoms with Crippen molar-refractivity contribution in [2.24, 2.45) is 0 Å². The van der Waals surface area contributed by atoms with Crippen LogP contribution >= 0.6 is 0 Å². The van der Waals surface area contributed by atoms with Crippen molar-refractivity contribution >= 4 is 5.91 Å². The molecule has 1 amide bonds. The van der Waals surface area contributed by atoms with E-state index in [2.05, 4.69) is 30.4 Å². The molecule has 0 saturated heterocycles. The summed E-state index contributed by atoms with van der Waals surface area (Å²) < 4.78 is 6.93. The SMILES string of the molecule is O=C(NCc1coc(-c2ccccc2)n1)c1cnc(Cn2cncn2)[nH]c1=O. The van der Waals surface area contributed by atoms with Gasteiger partial charge >= 0.3 is 0 Å². The summed E-state index contributed by atoms with van der Waals surface area (Å²) in [7, 11) is 0. The molecule has 1 aromatic carbocycles. The van der Waals surface area contributed by atoms with Crippen molar-refractivity contribution in [3.8, 4) is 11.5 Å². The fourth-order valence-corrected chi connectivity index (χ4v) is 2.51. The zero-order valence-corrected chi connectivity index (χ0v) is 14.6. The molecule has 0 bridgehead atoms. The first-order valence-electron chi connectivity index (χ1n) is 8.37. The third kappa shape index (κ3) is 3.85. The van der Waals surface area contributed by atoms with Crippen LogP contribution in [0.4, 0.5) is 0 Å². The lowest BCUT2D eigenvalue weighted by Gasteiger charge is -2.04. The minimum absolute atomic E-state index is 0.0888. The van der Waals surface area contributed by atoms with Gasteiger partial charge in [-0.2, -0.15) is 5.10 Å². The Morgan fingerprint density at radius 1 is 1.25 bits per heavy atom. The molecule has 0 aliphatic carbocycles. The lowest BCUT2D eigenvalue weighted by Crippen LogP contribution is -2.30. The number of nitrogens with one attached hydrogen (secondary N) is 2. The third-order valence-electron chi connectivity index (χ3n) is 3.88. The van der Waals surface area contributed by atoms with Crippen molar-refractivity contribution in [2.45, 2.75) is 13.1 Å². The summed E-state index contributed by atoms with van der Waals surface area (Å²) in [6.07, 6.45) is 5.58. The van der Waals surface area contributed by atoms with E-state index in [-0.39, 0.29) is 18.7 Å². The molecule has 10 heteroatoms. The highest BCUT2D eigenvalue weighted by molar-refractivity contribution is 5.93. The van der Waals surface area contributed by atoms with Gasteiger partial charge in [-0.25, -0.2) is 19.6 Å². The highest BCUT2D eigenvalue weighted by Crippen LogP contribution is 2.17. The van der Waals surface area contributed by atoms with E-state index in [1.807, 2.05) is 30.3 Å². The van der Waals surface area contributed by atoms with Gasteiger partial charge in [-0.3, -0.25) is 9.59 Å². The molecule has 28 heavy (non-hydrogen) atoms. The Bertz CT molecular complexity index is 1130. The molecule has 3 heterocycles. The number of oxazole rings is 1. The third-order valence-corrected chi connectivity index (χ3v) is 3.88. The molecule has 4 aromatic rings. The number of nitrogens with zero attached hydrogens (tertiary/aromatic N) is 5. The molecule has 10 nitrogen and oxygen atoms in total. The maximum Gasteiger partial charge on any atom is 0.263 e. The molecule has 4 rings (SSSR count). The fourth-order valence-electron chi connectivity index (χ4n) is 2.51. The first-order chi connectivity index (χ1) is 13.7. The molecule has 0 fully saturated rings. The monoisotopic (exact) mass is 377 g/mol. The molecule has 0 radical (unpaired) electrons. The van der Waals surface area contributed by atoms with Crippen LogP contribution in [0.2, 0.25) is 0 Å². The molecular formula is C18H15N7O3. The van der Waals surface area contributed by atoms with Gasteiger partial charge in [-0.05, 0) is 12.1 Å². The van der Waals surface area contributed by atoms with E-state index in [0.29, 0.717) is 17.4 Å². The van der Waals surface area contributed by atoms with E-state index in [1.165, 1.54) is 29.8 Å². The Morgan fingerprint density at radius 2 is 2.11 bits per heavy atom. The maximum absolute atomic E-state index is 12.3. The zero-order valence-electron chi connectivity index (χ0n) is 14.6. The van der Waals surface area contributed by atoms with Gasteiger partial charge in [0.1, 0.15) is 36.9 Å². The maximum atomic E-state index is 12.3. The van der Waals surface area contributed by atoms with E-state index in [4.69, 9.17) is 4.42 Å². The standard InChI is InChI=1S/C18H15N7O3/c26-16(14-7-20-15(24-17(14)27)8-25-11-19-10-22-25)21-6-13-9-28-18(23-13)12-4-2-1-3-5-12/h1-5,7,9-11H,6,8H2,(H,21,26)(H,20,24,27). The highest BCUT2D eigenvalue weighted by Gasteiger charge is 2.13. The number of hydrogen-bond donors (Lipinski definition) is 2. The van der Waals surface area contributed by atoms with Crippen LogP contribution in [0.5, 0.6) is 0 Å². The van der Waals surface area contributed by atoms with Gasteiger partial charge in [-0.1, -0.05) is 18.2 Å². The lowest BCUT2D eigenvalue weighted by atomic mass is 10.2. The first kappa shape index (κ1) is 17.3. The van der Waals surface area contributed by atoms with E-state index >= 15 is 0 Å². The topological polar surface area (TPSA) is 132 Å². The molecule has 3 aromatic heterocycles. The van der Waals surface area contributed by atoms with E-state index in [9.17, 15) is 9.59 Å². The summed E-state index contributed by atoms with van der Waals surface area (Å²) in [5, 5.41) is 6.57. The Labute approximate surface area is 158 Å². The van der Waals surface area contributed by atoms with Crippen LogP contribution in [0.1, 0.15) is 21.9 Å². The van der Waals surface area contributed by atoms with Crippen LogP contribution in [0.3, 0.4) is 0 Å². The largest absolute Gasteiger partial charge is 0.444 e. The quantitative estimate of drug-likeness (QED) is 0.512. The fraction of sp³-hybridized carbons (Fsp3) is 0.111. The summed E-state index contributed by atoms with van der Waals surface area (Å²) in [4.78, 5) is 39.3. The number of hydrogen-bond acceptors (Lipinski definition) is 7. The Balaban J connectivity index is 1.40. The van der Waals surface area contributed by atoms with E-state index in [0.717, 1.165) is 5.56 Å². The first-order valence-corrected chi connectivity index (χ1v) is 8.37. The van der Waals surface area contributed by atoms with Crippen LogP contribution in [-0.2, 0) is 13.1 Å². The van der Waals surface area contributed by atoms with Gasteiger partial charge in [-0.15, -0.1) is 0 Å². The van der Waals surface area contributed by atoms with E-state index in [1.54, 1.807) is 0 Å². The second kappa shape index (κ2) is 7.66. The molecule has 0 aliphatic rings. The molecule has 0 spiro atoms. The molecule has 0 saturated carbocycles. The molecule has 0 unspecified atom stereocenters. The number of aromatic amines is 1. The summed E-state index contributed by atoms with van der Waals surface area (Å²) in [6.45, 7) is 0.369. The number of amides is 1. The molecule has 140 valence electrons. The smallest absolute Gasteiger partial charge is 0.263 e. The van der Waals surface area contributed by atoms with Gasteiger partial charge in [0.25, 0.3) is 11.5 Å². The van der Waals surface area contributed by atoms with Crippen molar-refractivity contribution in [1.29, 1.82) is 0 Å². The van der Waals surface area contributed by atoms with Crippen LogP contribution in [0.25, 0.3) is 11.5 Å². The predicted molar refractivity (Wildman–Crippen MR) is 97.1 cm³/mol. The molecule has 0 atom stereocenters. The predicted octanol–water partition coefficient (Wildman–Crippen LogP) is 0.995. The highest BCUT2D eigenvalue weighted by atomic mass is 16.3. The van der Waals surface area contributed by atoms with Crippen LogP contribution in [-0.4, -0.2) is 35.6 Å². The van der Waals surface area contributed by atoms with Crippen LogP contribution in [0.15, 0.2) is 64.7 Å². The second-order valence-electron chi connectivity index (χ2n) is 5.86. The lowest BCUT2D eigenvalue weighted by molar-refractivity contribution is 0.0948. The van der Waals surface area contributed by atoms with Crippen LogP contribution < -0.4 is 10.9 Å². The summed E-state index contributed by atoms with van der Waals surface area (Å²) in [5.74, 6) is 0.281. The molecule has 0 aliphatic heterocycles. The van der Waals surface area contributed by atoms with Crippen molar-refractivity contribution in [3.05, 3.63) is 82.9 Å². The van der Waals surface area contributed by atoms with Crippen molar-refractivity contribution in [3.63, 3.8) is 0 Å². The number of aromatic nitrogens is 6. The van der Waals surface area contributed by atoms with Gasteiger partial charge < -0.3 is 14.7 Å². The molecule has 2 N–H and O–H groups in total. The number of carbonyl (C=O) groups excluding carboxylic acids is 1. The van der Waals surface area contributed by atoms with Crippen molar-refractivity contribution in [2.75, 3.05) is 0 Å². The van der Waals surface area contributed by atoms with Gasteiger partial charge in [0.2, 0.25) is 5.89 Å². The van der Waals surface area contributed by atoms with E-state index < -0.39 is 11.5 Å². The average Bonchev–Trinajstić information content (AvgIpc) is 3.39. The van der Waals surface area contributed by atoms with Crippen LogP contribution in [0, 0.1) is 0 Å². The number of rotatable bonds is 6. The number of H-pyrrole nitrogens is 1. The normalized spacial score (nSPS) is 10.7. The summed E-state index contributed by atoms with van der Waals surface area (Å²) in [5.41, 5.74) is 0.755. The second-order valence-corrected chi connectivity index (χ2v) is 5.86. The number of carbonyl (C=O) groups is 1. The summed E-state index contributed by atoms with van der Waals surface area (Å²) in [6, 6.07) is 9.41. The van der Waals surface area contributed by atoms with Crippen molar-refractivity contribution in [1.82, 2.24) is 35.0 Å². The number of benzene rings is 1. The average molecular weight is 377 g/mol. The minimum atomic E-state index is -0.551. The minimum Gasteiger partial charge on any atom is -0.444 e. The van der Waals surface area contributed by atoms with Gasteiger partial charge in [0, 0.05) is 11.8 Å².